The Morgan fingerprint density at radius 3 is 1.75 bits per heavy atom. The maximum absolute atomic E-state index is 10.6. The molecule has 8 heteroatoms. The van der Waals surface area contributed by atoms with Crippen molar-refractivity contribution >= 4 is 48.0 Å². The second kappa shape index (κ2) is 9.29. The first-order valence-corrected chi connectivity index (χ1v) is 8.63. The highest BCUT2D eigenvalue weighted by molar-refractivity contribution is 7.80. The molecule has 0 radical (unpaired) electrons. The van der Waals surface area contributed by atoms with Crippen molar-refractivity contribution in [3.05, 3.63) is 58.6 Å². The van der Waals surface area contributed by atoms with Gasteiger partial charge in [0.2, 0.25) is 0 Å². The average molecular weight is 362 g/mol. The van der Waals surface area contributed by atoms with Crippen molar-refractivity contribution in [3.63, 3.8) is 0 Å². The number of hydrogen-bond donors (Lipinski definition) is 2. The second-order valence-electron chi connectivity index (χ2n) is 4.92. The van der Waals surface area contributed by atoms with Crippen molar-refractivity contribution in [1.82, 2.24) is 0 Å². The monoisotopic (exact) mass is 362 g/mol. The number of hydrogen-bond acceptors (Lipinski definition) is 7. The van der Waals surface area contributed by atoms with E-state index in [9.17, 15) is 10.1 Å². The van der Waals surface area contributed by atoms with Crippen LogP contribution in [-0.2, 0) is 0 Å². The molecule has 0 N–H and O–H groups in total. The van der Waals surface area contributed by atoms with Gasteiger partial charge in [0.25, 0.3) is 5.69 Å². The zero-order valence-electron chi connectivity index (χ0n) is 12.9. The van der Waals surface area contributed by atoms with Gasteiger partial charge in [0.1, 0.15) is 0 Å². The van der Waals surface area contributed by atoms with E-state index < -0.39 is 4.92 Å². The molecule has 0 bridgehead atoms. The van der Waals surface area contributed by atoms with Gasteiger partial charge in [-0.05, 0) is 36.4 Å². The lowest BCUT2D eigenvalue weighted by molar-refractivity contribution is -0.384. The van der Waals surface area contributed by atoms with Gasteiger partial charge < -0.3 is 4.90 Å². The van der Waals surface area contributed by atoms with Gasteiger partial charge in [0.15, 0.2) is 0 Å². The predicted molar refractivity (Wildman–Crippen MR) is 104 cm³/mol. The first-order chi connectivity index (χ1) is 11.6. The Hall–Kier alpha value is -2.06. The summed E-state index contributed by atoms with van der Waals surface area (Å²) < 4.78 is 0. The minimum Gasteiger partial charge on any atom is -0.370 e. The molecule has 0 unspecified atom stereocenters. The Balaban J connectivity index is 2.06. The van der Waals surface area contributed by atoms with Crippen molar-refractivity contribution in [2.75, 3.05) is 29.5 Å². The highest BCUT2D eigenvalue weighted by Crippen LogP contribution is 2.23. The summed E-state index contributed by atoms with van der Waals surface area (Å²) in [4.78, 5) is 12.4. The highest BCUT2D eigenvalue weighted by Gasteiger charge is 2.05. The molecular weight excluding hydrogens is 344 g/mol. The molecular formula is C16H18N4O2S2. The molecule has 2 aromatic carbocycles. The summed E-state index contributed by atoms with van der Waals surface area (Å²) in [5.41, 5.74) is 2.41. The Bertz CT molecular complexity index is 684. The molecule has 0 aromatic heterocycles. The predicted octanol–water partition coefficient (Wildman–Crippen LogP) is 4.68. The van der Waals surface area contributed by atoms with Crippen LogP contribution in [-0.4, -0.2) is 29.5 Å². The smallest absolute Gasteiger partial charge is 0.269 e. The van der Waals surface area contributed by atoms with Crippen molar-refractivity contribution in [2.24, 2.45) is 10.2 Å². The number of nitro groups is 1. The topological polar surface area (TPSA) is 71.1 Å². The van der Waals surface area contributed by atoms with E-state index in [4.69, 9.17) is 0 Å². The van der Waals surface area contributed by atoms with Crippen LogP contribution in [0.2, 0.25) is 0 Å². The summed E-state index contributed by atoms with van der Waals surface area (Å²) in [5.74, 6) is 1.55. The van der Waals surface area contributed by atoms with Crippen LogP contribution in [0.25, 0.3) is 0 Å². The average Bonchev–Trinajstić information content (AvgIpc) is 2.60. The van der Waals surface area contributed by atoms with Gasteiger partial charge in [0, 0.05) is 42.4 Å². The summed E-state index contributed by atoms with van der Waals surface area (Å²) >= 11 is 8.55. The first kappa shape index (κ1) is 18.3. The summed E-state index contributed by atoms with van der Waals surface area (Å²) in [5, 5.41) is 18.8. The fraction of sp³-hybridized carbons (Fsp3) is 0.250. The number of non-ortho nitro benzene ring substituents is 1. The van der Waals surface area contributed by atoms with E-state index in [-0.39, 0.29) is 5.69 Å². The third-order valence-corrected chi connectivity index (χ3v) is 3.70. The molecule has 0 aliphatic rings. The van der Waals surface area contributed by atoms with Crippen molar-refractivity contribution in [3.8, 4) is 0 Å². The first-order valence-electron chi connectivity index (χ1n) is 7.37. The van der Waals surface area contributed by atoms with Gasteiger partial charge >= 0.3 is 0 Å². The Morgan fingerprint density at radius 2 is 1.33 bits per heavy atom. The van der Waals surface area contributed by atoms with Crippen LogP contribution in [0.1, 0.15) is 0 Å². The second-order valence-corrected chi connectivity index (χ2v) is 5.82. The zero-order valence-corrected chi connectivity index (χ0v) is 14.7. The molecule has 0 aliphatic carbocycles. The summed E-state index contributed by atoms with van der Waals surface area (Å²) in [6.45, 7) is 1.71. The van der Waals surface area contributed by atoms with Crippen LogP contribution in [0.4, 0.5) is 22.7 Å². The van der Waals surface area contributed by atoms with Crippen molar-refractivity contribution in [2.45, 2.75) is 0 Å². The van der Waals surface area contributed by atoms with Crippen LogP contribution >= 0.6 is 25.3 Å². The zero-order chi connectivity index (χ0) is 17.4. The number of benzene rings is 2. The lowest BCUT2D eigenvalue weighted by atomic mass is 10.2. The lowest BCUT2D eigenvalue weighted by Gasteiger charge is -2.23. The number of nitro benzene ring substituents is 1. The number of rotatable bonds is 8. The van der Waals surface area contributed by atoms with E-state index in [1.807, 2.05) is 24.3 Å². The van der Waals surface area contributed by atoms with E-state index >= 15 is 0 Å². The SMILES string of the molecule is O=[N+]([O-])c1ccc(N=Nc2ccc(N(CCS)CCS)cc2)cc1. The summed E-state index contributed by atoms with van der Waals surface area (Å²) in [6.07, 6.45) is 0. The number of azo groups is 1. The van der Waals surface area contributed by atoms with E-state index in [2.05, 4.69) is 40.4 Å². The van der Waals surface area contributed by atoms with Crippen LogP contribution in [0.5, 0.6) is 0 Å². The Labute approximate surface area is 151 Å². The third-order valence-electron chi connectivity index (χ3n) is 3.30. The van der Waals surface area contributed by atoms with Gasteiger partial charge in [-0.2, -0.15) is 35.5 Å². The van der Waals surface area contributed by atoms with Crippen LogP contribution < -0.4 is 4.90 Å². The molecule has 0 atom stereocenters. The molecule has 0 spiro atoms. The maximum atomic E-state index is 10.6. The van der Waals surface area contributed by atoms with E-state index in [0.29, 0.717) is 11.4 Å². The number of anilines is 1. The molecule has 2 rings (SSSR count). The van der Waals surface area contributed by atoms with Crippen LogP contribution in [0.3, 0.4) is 0 Å². The molecule has 0 aliphatic heterocycles. The highest BCUT2D eigenvalue weighted by atomic mass is 32.1. The molecule has 0 saturated carbocycles. The molecule has 6 nitrogen and oxygen atoms in total. The van der Waals surface area contributed by atoms with Gasteiger partial charge in [-0.3, -0.25) is 10.1 Å². The quantitative estimate of drug-likeness (QED) is 0.310. The van der Waals surface area contributed by atoms with Crippen molar-refractivity contribution < 1.29 is 4.92 Å². The Kier molecular flexibility index (Phi) is 7.07. The van der Waals surface area contributed by atoms with E-state index in [1.54, 1.807) is 12.1 Å². The summed E-state index contributed by atoms with van der Waals surface area (Å²) in [7, 11) is 0. The van der Waals surface area contributed by atoms with Gasteiger partial charge in [-0.25, -0.2) is 0 Å². The normalized spacial score (nSPS) is 10.9. The minimum absolute atomic E-state index is 0.0340. The molecule has 0 amide bonds. The van der Waals surface area contributed by atoms with Gasteiger partial charge in [0.05, 0.1) is 16.3 Å². The van der Waals surface area contributed by atoms with Gasteiger partial charge in [-0.1, -0.05) is 0 Å². The van der Waals surface area contributed by atoms with Crippen molar-refractivity contribution in [1.29, 1.82) is 0 Å². The minimum atomic E-state index is -0.443. The van der Waals surface area contributed by atoms with E-state index in [0.717, 1.165) is 30.3 Å². The molecule has 24 heavy (non-hydrogen) atoms. The largest absolute Gasteiger partial charge is 0.370 e. The molecule has 0 fully saturated rings. The third kappa shape index (κ3) is 5.24. The maximum Gasteiger partial charge on any atom is 0.269 e. The van der Waals surface area contributed by atoms with Gasteiger partial charge in [-0.15, -0.1) is 0 Å². The number of thiol groups is 2. The molecule has 126 valence electrons. The fourth-order valence-electron chi connectivity index (χ4n) is 2.10. The standard InChI is InChI=1S/C16H18N4O2S2/c21-20(22)16-7-3-14(4-8-16)18-17-13-1-5-15(6-2-13)19(9-11-23)10-12-24/h1-8,23-24H,9-12H2. The lowest BCUT2D eigenvalue weighted by Crippen LogP contribution is -2.27. The molecule has 0 saturated heterocycles. The molecule has 2 aromatic rings. The number of nitrogens with zero attached hydrogens (tertiary/aromatic N) is 4. The van der Waals surface area contributed by atoms with Crippen LogP contribution in [0, 0.1) is 10.1 Å². The van der Waals surface area contributed by atoms with E-state index in [1.165, 1.54) is 12.1 Å². The Morgan fingerprint density at radius 1 is 0.875 bits per heavy atom. The fourth-order valence-corrected chi connectivity index (χ4v) is 2.58. The summed E-state index contributed by atoms with van der Waals surface area (Å²) in [6, 6.07) is 13.7. The molecule has 0 heterocycles. The van der Waals surface area contributed by atoms with Crippen LogP contribution in [0.15, 0.2) is 58.8 Å².